The molecular formula is C25H35N3O3. The van der Waals surface area contributed by atoms with Crippen LogP contribution in [0.2, 0.25) is 0 Å². The maximum atomic E-state index is 12.1. The molecule has 31 heavy (non-hydrogen) atoms. The third-order valence-electron chi connectivity index (χ3n) is 5.44. The van der Waals surface area contributed by atoms with Crippen LogP contribution in [0.3, 0.4) is 0 Å². The fourth-order valence-corrected chi connectivity index (χ4v) is 3.79. The van der Waals surface area contributed by atoms with E-state index in [-0.39, 0.29) is 18.1 Å². The first kappa shape index (κ1) is 23.1. The van der Waals surface area contributed by atoms with Crippen molar-refractivity contribution in [2.45, 2.75) is 65.7 Å². The highest BCUT2D eigenvalue weighted by Crippen LogP contribution is 2.20. The van der Waals surface area contributed by atoms with Crippen LogP contribution in [0.4, 0.5) is 5.82 Å². The summed E-state index contributed by atoms with van der Waals surface area (Å²) in [6.45, 7) is 11.1. The van der Waals surface area contributed by atoms with E-state index >= 15 is 0 Å². The number of benzene rings is 1. The van der Waals surface area contributed by atoms with Crippen molar-refractivity contribution in [1.82, 2.24) is 10.3 Å². The van der Waals surface area contributed by atoms with Gasteiger partial charge in [-0.1, -0.05) is 18.2 Å². The van der Waals surface area contributed by atoms with Crippen molar-refractivity contribution in [3.05, 3.63) is 53.2 Å². The summed E-state index contributed by atoms with van der Waals surface area (Å²) < 4.78 is 11.6. The van der Waals surface area contributed by atoms with Gasteiger partial charge in [-0.3, -0.25) is 4.79 Å². The van der Waals surface area contributed by atoms with Gasteiger partial charge in [-0.25, -0.2) is 4.98 Å². The lowest BCUT2D eigenvalue weighted by Crippen LogP contribution is -2.45. The van der Waals surface area contributed by atoms with Gasteiger partial charge in [0.05, 0.1) is 18.8 Å². The molecule has 1 saturated heterocycles. The average molecular weight is 426 g/mol. The van der Waals surface area contributed by atoms with Crippen LogP contribution in [0.1, 0.15) is 49.8 Å². The molecule has 0 spiro atoms. The van der Waals surface area contributed by atoms with E-state index in [0.717, 1.165) is 48.6 Å². The number of hydrogen-bond donors (Lipinski definition) is 1. The number of amides is 1. The van der Waals surface area contributed by atoms with Gasteiger partial charge in [0.1, 0.15) is 11.6 Å². The second-order valence-electron chi connectivity index (χ2n) is 8.54. The molecule has 1 aromatic carbocycles. The Bertz CT molecular complexity index is 844. The zero-order valence-corrected chi connectivity index (χ0v) is 19.2. The van der Waals surface area contributed by atoms with Crippen LogP contribution in [0.25, 0.3) is 0 Å². The number of ether oxygens (including phenoxy) is 2. The van der Waals surface area contributed by atoms with E-state index in [1.165, 1.54) is 5.56 Å². The summed E-state index contributed by atoms with van der Waals surface area (Å²) in [5.41, 5.74) is 3.34. The first-order valence-corrected chi connectivity index (χ1v) is 11.2. The Hall–Kier alpha value is -2.60. The van der Waals surface area contributed by atoms with E-state index in [1.807, 2.05) is 25.3 Å². The highest BCUT2D eigenvalue weighted by molar-refractivity contribution is 5.75. The Morgan fingerprint density at radius 2 is 1.94 bits per heavy atom. The SMILES string of the molecule is Cc1ccc(C)c(OCCCCC(=O)NCc2ccc(N3CC(C)OC(C)C3)nc2)c1. The number of morpholine rings is 1. The first-order chi connectivity index (χ1) is 14.9. The predicted molar refractivity (Wildman–Crippen MR) is 124 cm³/mol. The minimum Gasteiger partial charge on any atom is -0.493 e. The monoisotopic (exact) mass is 425 g/mol. The smallest absolute Gasteiger partial charge is 0.220 e. The Morgan fingerprint density at radius 1 is 1.16 bits per heavy atom. The third-order valence-corrected chi connectivity index (χ3v) is 5.44. The molecular weight excluding hydrogens is 390 g/mol. The molecule has 2 atom stereocenters. The predicted octanol–water partition coefficient (Wildman–Crippen LogP) is 4.18. The van der Waals surface area contributed by atoms with Gasteiger partial charge < -0.3 is 19.7 Å². The summed E-state index contributed by atoms with van der Waals surface area (Å²) in [5.74, 6) is 1.95. The highest BCUT2D eigenvalue weighted by atomic mass is 16.5. The van der Waals surface area contributed by atoms with Crippen LogP contribution in [0, 0.1) is 13.8 Å². The molecule has 3 rings (SSSR count). The number of aromatic nitrogens is 1. The molecule has 6 heteroatoms. The summed E-state index contributed by atoms with van der Waals surface area (Å²) in [4.78, 5) is 19.0. The summed E-state index contributed by atoms with van der Waals surface area (Å²) in [6, 6.07) is 10.3. The van der Waals surface area contributed by atoms with Crippen molar-refractivity contribution >= 4 is 11.7 Å². The number of nitrogens with zero attached hydrogens (tertiary/aromatic N) is 2. The molecule has 1 fully saturated rings. The number of hydrogen-bond acceptors (Lipinski definition) is 5. The minimum atomic E-state index is 0.0617. The average Bonchev–Trinajstić information content (AvgIpc) is 2.74. The number of unbranched alkanes of at least 4 members (excludes halogenated alkanes) is 1. The molecule has 2 aromatic rings. The zero-order valence-electron chi connectivity index (χ0n) is 19.2. The number of pyridine rings is 1. The molecule has 1 aliphatic heterocycles. The summed E-state index contributed by atoms with van der Waals surface area (Å²) in [5, 5.41) is 2.98. The van der Waals surface area contributed by atoms with Crippen LogP contribution in [-0.2, 0) is 16.1 Å². The first-order valence-electron chi connectivity index (χ1n) is 11.2. The maximum Gasteiger partial charge on any atom is 0.220 e. The molecule has 2 unspecified atom stereocenters. The molecule has 1 aliphatic rings. The molecule has 2 heterocycles. The molecule has 0 radical (unpaired) electrons. The van der Waals surface area contributed by atoms with Crippen molar-refractivity contribution in [2.75, 3.05) is 24.6 Å². The van der Waals surface area contributed by atoms with Crippen LogP contribution in [0.15, 0.2) is 36.5 Å². The number of carbonyl (C=O) groups is 1. The second-order valence-corrected chi connectivity index (χ2v) is 8.54. The van der Waals surface area contributed by atoms with Crippen LogP contribution < -0.4 is 15.0 Å². The molecule has 1 N–H and O–H groups in total. The van der Waals surface area contributed by atoms with Crippen molar-refractivity contribution in [1.29, 1.82) is 0 Å². The van der Waals surface area contributed by atoms with Gasteiger partial charge >= 0.3 is 0 Å². The van der Waals surface area contributed by atoms with Gasteiger partial charge in [-0.15, -0.1) is 0 Å². The van der Waals surface area contributed by atoms with E-state index in [4.69, 9.17) is 9.47 Å². The Kier molecular flexibility index (Phi) is 8.29. The quantitative estimate of drug-likeness (QED) is 0.611. The molecule has 0 aliphatic carbocycles. The fraction of sp³-hybridized carbons (Fsp3) is 0.520. The van der Waals surface area contributed by atoms with E-state index in [1.54, 1.807) is 0 Å². The molecule has 168 valence electrons. The second kappa shape index (κ2) is 11.1. The lowest BCUT2D eigenvalue weighted by molar-refractivity contribution is -0.121. The normalized spacial score (nSPS) is 18.6. The number of carbonyl (C=O) groups excluding carboxylic acids is 1. The number of aryl methyl sites for hydroxylation is 2. The van der Waals surface area contributed by atoms with Crippen LogP contribution in [-0.4, -0.2) is 42.8 Å². The van der Waals surface area contributed by atoms with Crippen molar-refractivity contribution in [2.24, 2.45) is 0 Å². The van der Waals surface area contributed by atoms with Gasteiger partial charge in [-0.05, 0) is 69.4 Å². The van der Waals surface area contributed by atoms with E-state index in [0.29, 0.717) is 19.6 Å². The van der Waals surface area contributed by atoms with Gasteiger partial charge in [-0.2, -0.15) is 0 Å². The zero-order chi connectivity index (χ0) is 22.2. The molecule has 0 saturated carbocycles. The standard InChI is InChI=1S/C25H35N3O3/c1-18-8-9-19(2)23(13-18)30-12-6-5-7-25(29)27-15-22-10-11-24(26-14-22)28-16-20(3)31-21(4)17-28/h8-11,13-14,20-21H,5-7,12,15-17H2,1-4H3,(H,27,29). The van der Waals surface area contributed by atoms with E-state index < -0.39 is 0 Å². The summed E-state index contributed by atoms with van der Waals surface area (Å²) in [6.07, 6.45) is 4.42. The topological polar surface area (TPSA) is 63.7 Å². The largest absolute Gasteiger partial charge is 0.493 e. The van der Waals surface area contributed by atoms with E-state index in [9.17, 15) is 4.79 Å². The lowest BCUT2D eigenvalue weighted by atomic mass is 10.1. The Balaban J connectivity index is 1.33. The highest BCUT2D eigenvalue weighted by Gasteiger charge is 2.22. The molecule has 1 amide bonds. The van der Waals surface area contributed by atoms with Gasteiger partial charge in [0.25, 0.3) is 0 Å². The van der Waals surface area contributed by atoms with Crippen LogP contribution >= 0.6 is 0 Å². The van der Waals surface area contributed by atoms with Gasteiger partial charge in [0.15, 0.2) is 0 Å². The van der Waals surface area contributed by atoms with Crippen molar-refractivity contribution in [3.63, 3.8) is 0 Å². The number of anilines is 1. The molecule has 0 bridgehead atoms. The maximum absolute atomic E-state index is 12.1. The Labute approximate surface area is 186 Å². The molecule has 1 aromatic heterocycles. The van der Waals surface area contributed by atoms with Gasteiger partial charge in [0, 0.05) is 32.3 Å². The van der Waals surface area contributed by atoms with Crippen LogP contribution in [0.5, 0.6) is 5.75 Å². The van der Waals surface area contributed by atoms with E-state index in [2.05, 4.69) is 54.2 Å². The van der Waals surface area contributed by atoms with Crippen molar-refractivity contribution in [3.8, 4) is 5.75 Å². The minimum absolute atomic E-state index is 0.0617. The third kappa shape index (κ3) is 7.24. The number of rotatable bonds is 9. The van der Waals surface area contributed by atoms with Gasteiger partial charge in [0.2, 0.25) is 5.91 Å². The Morgan fingerprint density at radius 3 is 2.65 bits per heavy atom. The van der Waals surface area contributed by atoms with Crippen molar-refractivity contribution < 1.29 is 14.3 Å². The molecule has 6 nitrogen and oxygen atoms in total. The number of nitrogens with one attached hydrogen (secondary N) is 1. The lowest BCUT2D eigenvalue weighted by Gasteiger charge is -2.36. The summed E-state index contributed by atoms with van der Waals surface area (Å²) in [7, 11) is 0. The fourth-order valence-electron chi connectivity index (χ4n) is 3.79. The summed E-state index contributed by atoms with van der Waals surface area (Å²) >= 11 is 0.